The Hall–Kier alpha value is -0.570. The average Bonchev–Trinajstić information content (AvgIpc) is 2.84. The molecule has 0 aromatic carbocycles. The van der Waals surface area contributed by atoms with Gasteiger partial charge in [0.25, 0.3) is 0 Å². The molecule has 0 amide bonds. The molecule has 7 atom stereocenters. The van der Waals surface area contributed by atoms with E-state index in [0.29, 0.717) is 23.2 Å². The number of nitrogens with two attached hydrogens (primary N) is 1. The van der Waals surface area contributed by atoms with Crippen LogP contribution in [0.25, 0.3) is 0 Å². The van der Waals surface area contributed by atoms with Crippen molar-refractivity contribution in [3.8, 4) is 0 Å². The van der Waals surface area contributed by atoms with E-state index in [4.69, 9.17) is 5.84 Å². The van der Waals surface area contributed by atoms with Crippen molar-refractivity contribution in [3.63, 3.8) is 0 Å². The molecule has 0 aromatic heterocycles. The number of hydrazone groups is 1. The van der Waals surface area contributed by atoms with Crippen molar-refractivity contribution in [3.05, 3.63) is 0 Å². The molecule has 4 aliphatic carbocycles. The Kier molecular flexibility index (Phi) is 3.38. The molecule has 3 heteroatoms. The second kappa shape index (κ2) is 4.96. The summed E-state index contributed by atoms with van der Waals surface area (Å²) in [6, 6.07) is 0. The van der Waals surface area contributed by atoms with Crippen molar-refractivity contribution in [2.45, 2.75) is 77.7 Å². The minimum absolute atomic E-state index is 0.0761. The number of rotatable bonds is 0. The van der Waals surface area contributed by atoms with Crippen LogP contribution in [0.1, 0.15) is 71.6 Å². The van der Waals surface area contributed by atoms with E-state index in [9.17, 15) is 5.11 Å². The van der Waals surface area contributed by atoms with E-state index in [0.717, 1.165) is 18.8 Å². The van der Waals surface area contributed by atoms with E-state index in [1.165, 1.54) is 50.7 Å². The molecule has 0 radical (unpaired) electrons. The minimum atomic E-state index is -0.0761. The molecule has 7 unspecified atom stereocenters. The van der Waals surface area contributed by atoms with Gasteiger partial charge in [-0.2, -0.15) is 5.10 Å². The first kappa shape index (κ1) is 15.0. The first-order valence-corrected chi connectivity index (χ1v) is 9.46. The Labute approximate surface area is 134 Å². The van der Waals surface area contributed by atoms with Gasteiger partial charge in [0.05, 0.1) is 6.10 Å². The van der Waals surface area contributed by atoms with Crippen LogP contribution in [0.3, 0.4) is 0 Å². The highest BCUT2D eigenvalue weighted by Gasteiger charge is 2.60. The van der Waals surface area contributed by atoms with Gasteiger partial charge in [0.15, 0.2) is 0 Å². The Balaban J connectivity index is 1.69. The predicted octanol–water partition coefficient (Wildman–Crippen LogP) is 3.70. The largest absolute Gasteiger partial charge is 0.393 e. The van der Waals surface area contributed by atoms with E-state index in [-0.39, 0.29) is 11.5 Å². The fourth-order valence-corrected chi connectivity index (χ4v) is 7.36. The summed E-state index contributed by atoms with van der Waals surface area (Å²) in [6.45, 7) is 4.90. The first-order chi connectivity index (χ1) is 10.5. The molecule has 4 rings (SSSR count). The SMILES string of the molecule is CC12CCC3C(CC(O)C4CCCCC43C)C1CC/C2=N\N. The highest BCUT2D eigenvalue weighted by atomic mass is 16.3. The van der Waals surface area contributed by atoms with Crippen LogP contribution in [0.4, 0.5) is 0 Å². The third-order valence-electron chi connectivity index (χ3n) is 8.49. The predicted molar refractivity (Wildman–Crippen MR) is 89.4 cm³/mol. The van der Waals surface area contributed by atoms with Gasteiger partial charge in [-0.15, -0.1) is 0 Å². The second-order valence-corrected chi connectivity index (χ2v) is 9.11. The lowest BCUT2D eigenvalue weighted by atomic mass is 9.44. The fraction of sp³-hybridized carbons (Fsp3) is 0.947. The zero-order chi connectivity index (χ0) is 15.5. The van der Waals surface area contributed by atoms with E-state index < -0.39 is 0 Å². The molecular weight excluding hydrogens is 272 g/mol. The molecule has 3 nitrogen and oxygen atoms in total. The smallest absolute Gasteiger partial charge is 0.0576 e. The molecule has 0 aromatic rings. The summed E-state index contributed by atoms with van der Waals surface area (Å²) >= 11 is 0. The molecule has 0 aliphatic heterocycles. The van der Waals surface area contributed by atoms with Crippen LogP contribution >= 0.6 is 0 Å². The van der Waals surface area contributed by atoms with Crippen molar-refractivity contribution in [1.29, 1.82) is 0 Å². The normalized spacial score (nSPS) is 56.3. The first-order valence-electron chi connectivity index (χ1n) is 9.46. The minimum Gasteiger partial charge on any atom is -0.393 e. The average molecular weight is 304 g/mol. The molecule has 124 valence electrons. The van der Waals surface area contributed by atoms with Gasteiger partial charge >= 0.3 is 0 Å². The molecule has 4 saturated carbocycles. The van der Waals surface area contributed by atoms with Crippen LogP contribution in [0.2, 0.25) is 0 Å². The Morgan fingerprint density at radius 3 is 2.64 bits per heavy atom. The lowest BCUT2D eigenvalue weighted by Gasteiger charge is -2.61. The summed E-state index contributed by atoms with van der Waals surface area (Å²) in [5.74, 6) is 8.44. The Morgan fingerprint density at radius 1 is 1.05 bits per heavy atom. The number of nitrogens with zero attached hydrogens (tertiary/aromatic N) is 1. The van der Waals surface area contributed by atoms with Gasteiger partial charge in [-0.05, 0) is 74.0 Å². The standard InChI is InChI=1S/C19H32N2O/c1-18-9-4-3-5-15(18)16(22)11-12-13-6-7-17(21-20)19(13,2)10-8-14(12)18/h12-16,22H,3-11,20H2,1-2H3/b21-17+. The number of aliphatic hydroxyl groups excluding tert-OH is 1. The highest BCUT2D eigenvalue weighted by molar-refractivity contribution is 5.92. The van der Waals surface area contributed by atoms with Crippen LogP contribution < -0.4 is 5.84 Å². The lowest BCUT2D eigenvalue weighted by Crippen LogP contribution is -2.57. The van der Waals surface area contributed by atoms with Crippen LogP contribution in [0.5, 0.6) is 0 Å². The Morgan fingerprint density at radius 2 is 1.86 bits per heavy atom. The quantitative estimate of drug-likeness (QED) is 0.529. The molecule has 0 heterocycles. The summed E-state index contributed by atoms with van der Waals surface area (Å²) in [7, 11) is 0. The molecule has 0 spiro atoms. The van der Waals surface area contributed by atoms with Crippen molar-refractivity contribution >= 4 is 5.71 Å². The van der Waals surface area contributed by atoms with Crippen molar-refractivity contribution in [1.82, 2.24) is 0 Å². The highest BCUT2D eigenvalue weighted by Crippen LogP contribution is 2.65. The van der Waals surface area contributed by atoms with Gasteiger partial charge in [0.2, 0.25) is 0 Å². The van der Waals surface area contributed by atoms with Gasteiger partial charge in [0.1, 0.15) is 0 Å². The van der Waals surface area contributed by atoms with Gasteiger partial charge in [-0.3, -0.25) is 0 Å². The summed E-state index contributed by atoms with van der Waals surface area (Å²) in [5, 5.41) is 15.0. The van der Waals surface area contributed by atoms with Crippen molar-refractivity contribution in [2.24, 2.45) is 45.4 Å². The molecule has 0 bridgehead atoms. The summed E-state index contributed by atoms with van der Waals surface area (Å²) in [6.07, 6.45) is 11.1. The molecular formula is C19H32N2O. The maximum absolute atomic E-state index is 10.9. The topological polar surface area (TPSA) is 58.6 Å². The van der Waals surface area contributed by atoms with Crippen LogP contribution in [0, 0.1) is 34.5 Å². The number of hydrogen-bond acceptors (Lipinski definition) is 3. The molecule has 0 saturated heterocycles. The number of hydrogen-bond donors (Lipinski definition) is 2. The molecule has 22 heavy (non-hydrogen) atoms. The summed E-state index contributed by atoms with van der Waals surface area (Å²) in [4.78, 5) is 0. The van der Waals surface area contributed by atoms with Gasteiger partial charge < -0.3 is 10.9 Å². The number of fused-ring (bicyclic) bond motifs is 5. The third-order valence-corrected chi connectivity index (χ3v) is 8.49. The van der Waals surface area contributed by atoms with Gasteiger partial charge in [0, 0.05) is 11.1 Å². The summed E-state index contributed by atoms with van der Waals surface area (Å²) < 4.78 is 0. The zero-order valence-corrected chi connectivity index (χ0v) is 14.2. The van der Waals surface area contributed by atoms with E-state index in [2.05, 4.69) is 18.9 Å². The van der Waals surface area contributed by atoms with Gasteiger partial charge in [-0.1, -0.05) is 26.7 Å². The monoisotopic (exact) mass is 304 g/mol. The van der Waals surface area contributed by atoms with Crippen LogP contribution in [-0.4, -0.2) is 16.9 Å². The number of aliphatic hydroxyl groups is 1. The van der Waals surface area contributed by atoms with Crippen LogP contribution in [-0.2, 0) is 0 Å². The Bertz CT molecular complexity index is 490. The third kappa shape index (κ3) is 1.81. The van der Waals surface area contributed by atoms with Crippen molar-refractivity contribution < 1.29 is 5.11 Å². The van der Waals surface area contributed by atoms with E-state index in [1.807, 2.05) is 0 Å². The maximum Gasteiger partial charge on any atom is 0.0576 e. The molecule has 4 fully saturated rings. The van der Waals surface area contributed by atoms with Gasteiger partial charge in [-0.25, -0.2) is 0 Å². The molecule has 4 aliphatic rings. The van der Waals surface area contributed by atoms with E-state index in [1.54, 1.807) is 0 Å². The zero-order valence-electron chi connectivity index (χ0n) is 14.2. The summed E-state index contributed by atoms with van der Waals surface area (Å²) in [5.41, 5.74) is 1.85. The maximum atomic E-state index is 10.9. The molecule has 3 N–H and O–H groups in total. The van der Waals surface area contributed by atoms with E-state index >= 15 is 0 Å². The fourth-order valence-electron chi connectivity index (χ4n) is 7.36. The second-order valence-electron chi connectivity index (χ2n) is 9.11. The lowest BCUT2D eigenvalue weighted by molar-refractivity contribution is -0.147. The van der Waals surface area contributed by atoms with Crippen LogP contribution in [0.15, 0.2) is 5.10 Å². The van der Waals surface area contributed by atoms with Crippen molar-refractivity contribution in [2.75, 3.05) is 0 Å².